The SMILES string of the molecule is Cc1onc(-c2c(F)cccc2C#N)c1C1(C(N)=O)CCCC(CNC(=O)c2ccccc2)C1. The fraction of sp³-hybridized carbons (Fsp3) is 0.308. The predicted octanol–water partition coefficient (Wildman–Crippen LogP) is 4.00. The van der Waals surface area contributed by atoms with Gasteiger partial charge in [-0.3, -0.25) is 9.59 Å². The number of benzene rings is 2. The molecule has 0 bridgehead atoms. The Morgan fingerprint density at radius 1 is 1.26 bits per heavy atom. The van der Waals surface area contributed by atoms with Crippen molar-refractivity contribution < 1.29 is 18.5 Å². The van der Waals surface area contributed by atoms with E-state index in [1.165, 1.54) is 18.2 Å². The molecule has 3 N–H and O–H groups in total. The fourth-order valence-electron chi connectivity index (χ4n) is 5.03. The second-order valence-electron chi connectivity index (χ2n) is 8.72. The number of aromatic nitrogens is 1. The van der Waals surface area contributed by atoms with Crippen LogP contribution >= 0.6 is 0 Å². The maximum Gasteiger partial charge on any atom is 0.251 e. The quantitative estimate of drug-likeness (QED) is 0.576. The van der Waals surface area contributed by atoms with E-state index in [0.29, 0.717) is 42.7 Å². The average molecular weight is 461 g/mol. The van der Waals surface area contributed by atoms with Crippen LogP contribution in [0.1, 0.15) is 52.9 Å². The van der Waals surface area contributed by atoms with Crippen LogP contribution in [0.2, 0.25) is 0 Å². The highest BCUT2D eigenvalue weighted by molar-refractivity contribution is 5.94. The number of amides is 2. The number of nitrogens with two attached hydrogens (primary N) is 1. The van der Waals surface area contributed by atoms with Crippen LogP contribution in [0.25, 0.3) is 11.3 Å². The Morgan fingerprint density at radius 2 is 2.03 bits per heavy atom. The number of hydrogen-bond donors (Lipinski definition) is 2. The standard InChI is InChI=1S/C26H25FN4O3/c1-16-22(23(31-34-16)21-19(14-28)10-5-11-20(21)27)26(25(29)33)12-6-7-17(13-26)15-30-24(32)18-8-3-2-4-9-18/h2-5,8-11,17H,6-7,12-13,15H2,1H3,(H2,29,33)(H,30,32). The van der Waals surface area contributed by atoms with Gasteiger partial charge in [-0.25, -0.2) is 4.39 Å². The predicted molar refractivity (Wildman–Crippen MR) is 123 cm³/mol. The molecule has 1 saturated carbocycles. The topological polar surface area (TPSA) is 122 Å². The zero-order valence-electron chi connectivity index (χ0n) is 18.8. The highest BCUT2D eigenvalue weighted by Crippen LogP contribution is 2.47. The van der Waals surface area contributed by atoms with Crippen LogP contribution in [0.4, 0.5) is 4.39 Å². The minimum absolute atomic E-state index is 0.00280. The van der Waals surface area contributed by atoms with Gasteiger partial charge in [0.05, 0.1) is 22.6 Å². The smallest absolute Gasteiger partial charge is 0.251 e. The van der Waals surface area contributed by atoms with E-state index >= 15 is 0 Å². The zero-order chi connectivity index (χ0) is 24.3. The van der Waals surface area contributed by atoms with Crippen molar-refractivity contribution in [3.05, 3.63) is 76.8 Å². The first kappa shape index (κ1) is 23.2. The van der Waals surface area contributed by atoms with Gasteiger partial charge in [0.25, 0.3) is 5.91 Å². The molecule has 0 radical (unpaired) electrons. The number of primary amides is 1. The summed E-state index contributed by atoms with van der Waals surface area (Å²) in [5.41, 5.74) is 6.00. The van der Waals surface area contributed by atoms with E-state index < -0.39 is 17.1 Å². The third kappa shape index (κ3) is 4.17. The highest BCUT2D eigenvalue weighted by Gasteiger charge is 2.47. The van der Waals surface area contributed by atoms with Crippen LogP contribution in [0.3, 0.4) is 0 Å². The van der Waals surface area contributed by atoms with E-state index in [0.717, 1.165) is 6.42 Å². The molecule has 2 unspecified atom stereocenters. The summed E-state index contributed by atoms with van der Waals surface area (Å²) in [4.78, 5) is 25.5. The van der Waals surface area contributed by atoms with Crippen LogP contribution in [0, 0.1) is 30.0 Å². The van der Waals surface area contributed by atoms with Gasteiger partial charge in [-0.1, -0.05) is 35.8 Å². The molecule has 0 aliphatic heterocycles. The van der Waals surface area contributed by atoms with Crippen molar-refractivity contribution in [3.8, 4) is 17.3 Å². The molecule has 34 heavy (non-hydrogen) atoms. The largest absolute Gasteiger partial charge is 0.369 e. The van der Waals surface area contributed by atoms with Crippen molar-refractivity contribution in [2.24, 2.45) is 11.7 Å². The summed E-state index contributed by atoms with van der Waals surface area (Å²) in [7, 11) is 0. The Morgan fingerprint density at radius 3 is 2.74 bits per heavy atom. The number of rotatable bonds is 6. The third-order valence-electron chi connectivity index (χ3n) is 6.62. The zero-order valence-corrected chi connectivity index (χ0v) is 18.8. The number of nitrogens with one attached hydrogen (secondary N) is 1. The lowest BCUT2D eigenvalue weighted by atomic mass is 9.64. The van der Waals surface area contributed by atoms with Gasteiger partial charge < -0.3 is 15.6 Å². The molecule has 4 rings (SSSR count). The van der Waals surface area contributed by atoms with Gasteiger partial charge in [-0.15, -0.1) is 0 Å². The van der Waals surface area contributed by atoms with Gasteiger partial charge in [0, 0.05) is 17.7 Å². The van der Waals surface area contributed by atoms with Crippen molar-refractivity contribution in [3.63, 3.8) is 0 Å². The summed E-state index contributed by atoms with van der Waals surface area (Å²) >= 11 is 0. The minimum atomic E-state index is -1.16. The van der Waals surface area contributed by atoms with E-state index in [1.807, 2.05) is 12.1 Å². The molecule has 1 aromatic heterocycles. The summed E-state index contributed by atoms with van der Waals surface area (Å²) in [6.07, 6.45) is 2.27. The van der Waals surface area contributed by atoms with Gasteiger partial charge in [0.2, 0.25) is 5.91 Å². The second-order valence-corrected chi connectivity index (χ2v) is 8.72. The number of aryl methyl sites for hydroxylation is 1. The molecule has 2 aromatic carbocycles. The van der Waals surface area contributed by atoms with Crippen LogP contribution in [0.15, 0.2) is 53.1 Å². The molecular formula is C26H25FN4O3. The molecule has 174 valence electrons. The van der Waals surface area contributed by atoms with Gasteiger partial charge in [0.1, 0.15) is 17.3 Å². The molecule has 1 heterocycles. The van der Waals surface area contributed by atoms with E-state index in [4.69, 9.17) is 10.3 Å². The first-order valence-electron chi connectivity index (χ1n) is 11.2. The van der Waals surface area contributed by atoms with Crippen molar-refractivity contribution in [2.75, 3.05) is 6.54 Å². The van der Waals surface area contributed by atoms with Gasteiger partial charge in [0.15, 0.2) is 0 Å². The molecule has 2 amide bonds. The molecule has 1 aliphatic carbocycles. The van der Waals surface area contributed by atoms with Crippen molar-refractivity contribution >= 4 is 11.8 Å². The molecule has 1 aliphatic rings. The molecule has 2 atom stereocenters. The van der Waals surface area contributed by atoms with Gasteiger partial charge in [-0.2, -0.15) is 5.26 Å². The number of nitrogens with zero attached hydrogens (tertiary/aromatic N) is 2. The van der Waals surface area contributed by atoms with Crippen LogP contribution in [-0.4, -0.2) is 23.5 Å². The number of halogens is 1. The highest BCUT2D eigenvalue weighted by atomic mass is 19.1. The van der Waals surface area contributed by atoms with Crippen LogP contribution < -0.4 is 11.1 Å². The Balaban J connectivity index is 1.68. The fourth-order valence-corrected chi connectivity index (χ4v) is 5.03. The summed E-state index contributed by atoms with van der Waals surface area (Å²) in [5.74, 6) is -1.06. The first-order valence-corrected chi connectivity index (χ1v) is 11.2. The van der Waals surface area contributed by atoms with E-state index in [9.17, 15) is 19.2 Å². The van der Waals surface area contributed by atoms with Gasteiger partial charge >= 0.3 is 0 Å². The maximum absolute atomic E-state index is 14.9. The Labute approximate surface area is 196 Å². The molecule has 0 saturated heterocycles. The summed E-state index contributed by atoms with van der Waals surface area (Å²) in [6.45, 7) is 2.02. The van der Waals surface area contributed by atoms with Crippen molar-refractivity contribution in [2.45, 2.75) is 38.0 Å². The van der Waals surface area contributed by atoms with Crippen molar-refractivity contribution in [1.29, 1.82) is 5.26 Å². The third-order valence-corrected chi connectivity index (χ3v) is 6.62. The van der Waals surface area contributed by atoms with Gasteiger partial charge in [-0.05, 0) is 56.4 Å². The average Bonchev–Trinajstić information content (AvgIpc) is 3.24. The van der Waals surface area contributed by atoms with Crippen LogP contribution in [0.5, 0.6) is 0 Å². The van der Waals surface area contributed by atoms with Crippen molar-refractivity contribution in [1.82, 2.24) is 10.5 Å². The lowest BCUT2D eigenvalue weighted by Gasteiger charge is -2.39. The Bertz CT molecular complexity index is 1260. The van der Waals surface area contributed by atoms with E-state index in [-0.39, 0.29) is 28.6 Å². The first-order chi connectivity index (χ1) is 16.4. The Kier molecular flexibility index (Phi) is 6.46. The summed E-state index contributed by atoms with van der Waals surface area (Å²) < 4.78 is 20.3. The monoisotopic (exact) mass is 460 g/mol. The lowest BCUT2D eigenvalue weighted by molar-refractivity contribution is -0.125. The van der Waals surface area contributed by atoms with E-state index in [1.54, 1.807) is 31.2 Å². The molecule has 3 aromatic rings. The lowest BCUT2D eigenvalue weighted by Crippen LogP contribution is -2.47. The number of carbonyl (C=O) groups excluding carboxylic acids is 2. The van der Waals surface area contributed by atoms with Crippen LogP contribution in [-0.2, 0) is 10.2 Å². The number of hydrogen-bond acceptors (Lipinski definition) is 5. The molecule has 8 heteroatoms. The molecule has 7 nitrogen and oxygen atoms in total. The number of nitriles is 1. The normalized spacial score (nSPS) is 19.9. The summed E-state index contributed by atoms with van der Waals surface area (Å²) in [5, 5.41) is 16.5. The summed E-state index contributed by atoms with van der Waals surface area (Å²) in [6, 6.07) is 15.1. The van der Waals surface area contributed by atoms with E-state index in [2.05, 4.69) is 10.5 Å². The maximum atomic E-state index is 14.9. The molecular weight excluding hydrogens is 435 g/mol. The molecule has 0 spiro atoms. The Hall–Kier alpha value is -3.99. The minimum Gasteiger partial charge on any atom is -0.369 e. The molecule has 1 fully saturated rings. The second kappa shape index (κ2) is 9.48. The number of carbonyl (C=O) groups is 2.